The first-order valence-corrected chi connectivity index (χ1v) is 10.4. The van der Waals surface area contributed by atoms with E-state index in [9.17, 15) is 9.59 Å². The Balaban J connectivity index is 0.00000300. The van der Waals surface area contributed by atoms with E-state index in [0.717, 1.165) is 36.5 Å². The predicted molar refractivity (Wildman–Crippen MR) is 121 cm³/mol. The summed E-state index contributed by atoms with van der Waals surface area (Å²) in [6.45, 7) is 11.2. The molecule has 3 rings (SSSR count). The predicted octanol–water partition coefficient (Wildman–Crippen LogP) is 4.88. The van der Waals surface area contributed by atoms with Crippen LogP contribution in [0.2, 0.25) is 0 Å². The summed E-state index contributed by atoms with van der Waals surface area (Å²) in [6.07, 6.45) is 0.792. The molecule has 0 unspecified atom stereocenters. The normalized spacial score (nSPS) is 14.0. The molecule has 158 valence electrons. The van der Waals surface area contributed by atoms with Crippen LogP contribution in [0.15, 0.2) is 24.3 Å². The fraction of sp³-hybridized carbons (Fsp3) is 0.455. The molecule has 29 heavy (non-hydrogen) atoms. The fourth-order valence-corrected chi connectivity index (χ4v) is 4.70. The highest BCUT2D eigenvalue weighted by Crippen LogP contribution is 2.37. The number of benzene rings is 1. The van der Waals surface area contributed by atoms with Crippen molar-refractivity contribution >= 4 is 40.6 Å². The SMILES string of the molecule is CCN1CCc2c(sc(NC(=O)c3ccc(C(C)(C)C)cc3)c2C(=O)OC)C1.Cl. The monoisotopic (exact) mass is 436 g/mol. The Morgan fingerprint density at radius 3 is 2.41 bits per heavy atom. The third-order valence-electron chi connectivity index (χ3n) is 5.21. The van der Waals surface area contributed by atoms with Gasteiger partial charge in [0.15, 0.2) is 0 Å². The molecule has 1 aliphatic heterocycles. The van der Waals surface area contributed by atoms with Crippen LogP contribution in [0, 0.1) is 0 Å². The van der Waals surface area contributed by atoms with Gasteiger partial charge < -0.3 is 10.1 Å². The van der Waals surface area contributed by atoms with Crippen molar-refractivity contribution in [2.75, 3.05) is 25.5 Å². The summed E-state index contributed by atoms with van der Waals surface area (Å²) in [7, 11) is 1.38. The molecule has 0 bridgehead atoms. The van der Waals surface area contributed by atoms with E-state index in [-0.39, 0.29) is 29.7 Å². The van der Waals surface area contributed by atoms with Gasteiger partial charge in [0, 0.05) is 23.5 Å². The zero-order valence-corrected chi connectivity index (χ0v) is 19.3. The van der Waals surface area contributed by atoms with E-state index in [0.29, 0.717) is 16.1 Å². The second kappa shape index (κ2) is 9.28. The molecular weight excluding hydrogens is 408 g/mol. The molecule has 1 aromatic carbocycles. The number of nitrogens with one attached hydrogen (secondary N) is 1. The number of halogens is 1. The summed E-state index contributed by atoms with van der Waals surface area (Å²) in [5.74, 6) is -0.600. The first-order valence-electron chi connectivity index (χ1n) is 9.61. The van der Waals surface area contributed by atoms with E-state index in [1.165, 1.54) is 24.0 Å². The minimum absolute atomic E-state index is 0. The van der Waals surface area contributed by atoms with Crippen molar-refractivity contribution in [1.82, 2.24) is 4.90 Å². The van der Waals surface area contributed by atoms with Gasteiger partial charge in [-0.05, 0) is 41.6 Å². The zero-order chi connectivity index (χ0) is 20.5. The number of esters is 1. The third kappa shape index (κ3) is 5.00. The molecule has 0 atom stereocenters. The molecule has 1 aromatic heterocycles. The minimum atomic E-state index is -0.388. The third-order valence-corrected chi connectivity index (χ3v) is 6.35. The van der Waals surface area contributed by atoms with Crippen LogP contribution in [0.5, 0.6) is 0 Å². The van der Waals surface area contributed by atoms with Gasteiger partial charge in [-0.25, -0.2) is 4.79 Å². The Kier molecular flexibility index (Phi) is 7.49. The number of methoxy groups -OCH3 is 1. The molecule has 0 aliphatic carbocycles. The van der Waals surface area contributed by atoms with Gasteiger partial charge in [0.25, 0.3) is 5.91 Å². The van der Waals surface area contributed by atoms with E-state index in [1.54, 1.807) is 0 Å². The van der Waals surface area contributed by atoms with Crippen molar-refractivity contribution < 1.29 is 14.3 Å². The highest BCUT2D eigenvalue weighted by atomic mass is 35.5. The fourth-order valence-electron chi connectivity index (χ4n) is 3.43. The van der Waals surface area contributed by atoms with Crippen molar-refractivity contribution in [3.8, 4) is 0 Å². The standard InChI is InChI=1S/C22H28N2O3S.ClH/c1-6-24-12-11-16-17(13-24)28-20(18(16)21(26)27-5)23-19(25)14-7-9-15(10-8-14)22(2,3)4;/h7-10H,6,11-13H2,1-5H3,(H,23,25);1H. The Bertz CT molecular complexity index is 885. The van der Waals surface area contributed by atoms with Crippen LogP contribution in [0.3, 0.4) is 0 Å². The zero-order valence-electron chi connectivity index (χ0n) is 17.6. The molecule has 0 radical (unpaired) electrons. The number of hydrogen-bond acceptors (Lipinski definition) is 5. The summed E-state index contributed by atoms with van der Waals surface area (Å²) < 4.78 is 5.00. The second-order valence-electron chi connectivity index (χ2n) is 8.10. The molecule has 0 spiro atoms. The first kappa shape index (κ1) is 23.4. The molecule has 0 fully saturated rings. The Morgan fingerprint density at radius 1 is 1.21 bits per heavy atom. The molecule has 1 amide bonds. The van der Waals surface area contributed by atoms with Gasteiger partial charge in [-0.2, -0.15) is 0 Å². The van der Waals surface area contributed by atoms with Gasteiger partial charge >= 0.3 is 5.97 Å². The molecule has 0 saturated carbocycles. The number of ether oxygens (including phenoxy) is 1. The van der Waals surface area contributed by atoms with Gasteiger partial charge in [-0.15, -0.1) is 23.7 Å². The Labute approximate surface area is 182 Å². The number of anilines is 1. The Morgan fingerprint density at radius 2 is 1.86 bits per heavy atom. The highest BCUT2D eigenvalue weighted by molar-refractivity contribution is 7.17. The van der Waals surface area contributed by atoms with E-state index in [4.69, 9.17) is 4.74 Å². The van der Waals surface area contributed by atoms with E-state index >= 15 is 0 Å². The second-order valence-corrected chi connectivity index (χ2v) is 9.20. The van der Waals surface area contributed by atoms with Crippen LogP contribution in [-0.4, -0.2) is 37.0 Å². The van der Waals surface area contributed by atoms with Crippen molar-refractivity contribution in [3.63, 3.8) is 0 Å². The molecule has 0 saturated heterocycles. The number of likely N-dealkylation sites (N-methyl/N-ethyl adjacent to an activating group) is 1. The number of nitrogens with zero attached hydrogens (tertiary/aromatic N) is 1. The first-order chi connectivity index (χ1) is 13.2. The van der Waals surface area contributed by atoms with E-state index in [1.807, 2.05) is 24.3 Å². The summed E-state index contributed by atoms with van der Waals surface area (Å²) in [4.78, 5) is 28.7. The maximum absolute atomic E-state index is 12.8. The smallest absolute Gasteiger partial charge is 0.341 e. The van der Waals surface area contributed by atoms with E-state index in [2.05, 4.69) is 37.9 Å². The van der Waals surface area contributed by atoms with E-state index < -0.39 is 0 Å². The van der Waals surface area contributed by atoms with Crippen molar-refractivity contribution in [2.45, 2.75) is 46.1 Å². The number of carbonyl (C=O) groups is 2. The van der Waals surface area contributed by atoms with Crippen LogP contribution >= 0.6 is 23.7 Å². The summed E-state index contributed by atoms with van der Waals surface area (Å²) in [5.41, 5.74) is 3.30. The summed E-state index contributed by atoms with van der Waals surface area (Å²) >= 11 is 1.48. The molecule has 1 N–H and O–H groups in total. The molecule has 7 heteroatoms. The molecule has 1 aliphatic rings. The number of hydrogen-bond donors (Lipinski definition) is 1. The average Bonchev–Trinajstić information content (AvgIpc) is 3.03. The maximum atomic E-state index is 12.8. The number of rotatable bonds is 4. The lowest BCUT2D eigenvalue weighted by molar-refractivity contribution is 0.0600. The van der Waals surface area contributed by atoms with Gasteiger partial charge in [0.05, 0.1) is 12.7 Å². The maximum Gasteiger partial charge on any atom is 0.341 e. The van der Waals surface area contributed by atoms with Crippen LogP contribution in [0.1, 0.15) is 64.4 Å². The Hall–Kier alpha value is -1.89. The average molecular weight is 437 g/mol. The topological polar surface area (TPSA) is 58.6 Å². The number of fused-ring (bicyclic) bond motifs is 1. The van der Waals surface area contributed by atoms with Crippen LogP contribution in [0.4, 0.5) is 5.00 Å². The van der Waals surface area contributed by atoms with Crippen LogP contribution in [-0.2, 0) is 23.1 Å². The van der Waals surface area contributed by atoms with Gasteiger partial charge in [-0.1, -0.05) is 39.8 Å². The lowest BCUT2D eigenvalue weighted by Gasteiger charge is -2.25. The summed E-state index contributed by atoms with van der Waals surface area (Å²) in [6, 6.07) is 7.63. The van der Waals surface area contributed by atoms with Gasteiger partial charge in [0.1, 0.15) is 5.00 Å². The number of carbonyl (C=O) groups excluding carboxylic acids is 2. The highest BCUT2D eigenvalue weighted by Gasteiger charge is 2.29. The largest absolute Gasteiger partial charge is 0.465 e. The molecule has 2 heterocycles. The van der Waals surface area contributed by atoms with Gasteiger partial charge in [0.2, 0.25) is 0 Å². The quantitative estimate of drug-likeness (QED) is 0.693. The van der Waals surface area contributed by atoms with Gasteiger partial charge in [-0.3, -0.25) is 9.69 Å². The lowest BCUT2D eigenvalue weighted by Crippen LogP contribution is -2.29. The van der Waals surface area contributed by atoms with Crippen LogP contribution < -0.4 is 5.32 Å². The van der Waals surface area contributed by atoms with Crippen molar-refractivity contribution in [1.29, 1.82) is 0 Å². The molecule has 5 nitrogen and oxygen atoms in total. The van der Waals surface area contributed by atoms with Crippen molar-refractivity contribution in [3.05, 3.63) is 51.4 Å². The molecular formula is C22H29ClN2O3S. The summed E-state index contributed by atoms with van der Waals surface area (Å²) in [5, 5.41) is 3.53. The lowest BCUT2D eigenvalue weighted by atomic mass is 9.87. The van der Waals surface area contributed by atoms with Crippen LogP contribution in [0.25, 0.3) is 0 Å². The minimum Gasteiger partial charge on any atom is -0.465 e. The van der Waals surface area contributed by atoms with Crippen molar-refractivity contribution in [2.24, 2.45) is 0 Å². The molecule has 2 aromatic rings. The number of amides is 1. The number of thiophene rings is 1.